The topological polar surface area (TPSA) is 25.0 Å². The molecule has 2 nitrogen and oxygen atoms in total. The van der Waals surface area contributed by atoms with Crippen molar-refractivity contribution in [2.24, 2.45) is 0 Å². The van der Waals surface area contributed by atoms with Crippen molar-refractivity contribution in [3.63, 3.8) is 0 Å². The number of alkyl halides is 3. The first-order valence-electron chi connectivity index (χ1n) is 10.9. The van der Waals surface area contributed by atoms with Gasteiger partial charge in [-0.3, -0.25) is 0 Å². The van der Waals surface area contributed by atoms with E-state index >= 15 is 0 Å². The SMILES string of the molecule is CC1CCc2c1[nH]c1ccc(OCc3ccc(C4CCCC4)c(C(F)(F)F)c3)cc21. The lowest BCUT2D eigenvalue weighted by Gasteiger charge is -2.19. The van der Waals surface area contributed by atoms with Gasteiger partial charge in [0.05, 0.1) is 5.56 Å². The van der Waals surface area contributed by atoms with Crippen molar-refractivity contribution in [1.82, 2.24) is 4.98 Å². The lowest BCUT2D eigenvalue weighted by Crippen LogP contribution is -2.12. The summed E-state index contributed by atoms with van der Waals surface area (Å²) >= 11 is 0. The Morgan fingerprint density at radius 2 is 1.83 bits per heavy atom. The first-order chi connectivity index (χ1) is 14.4. The van der Waals surface area contributed by atoms with Crippen molar-refractivity contribution in [2.75, 3.05) is 0 Å². The molecule has 0 aliphatic heterocycles. The summed E-state index contributed by atoms with van der Waals surface area (Å²) < 4.78 is 47.0. The molecule has 2 aromatic carbocycles. The minimum absolute atomic E-state index is 0.0251. The van der Waals surface area contributed by atoms with Crippen LogP contribution in [-0.2, 0) is 19.2 Å². The Morgan fingerprint density at radius 1 is 1.03 bits per heavy atom. The molecule has 0 bridgehead atoms. The van der Waals surface area contributed by atoms with Crippen LogP contribution in [-0.4, -0.2) is 4.98 Å². The molecular formula is C25H26F3NO. The van der Waals surface area contributed by atoms with Crippen LogP contribution in [0, 0.1) is 0 Å². The fourth-order valence-electron chi connectivity index (χ4n) is 5.23. The summed E-state index contributed by atoms with van der Waals surface area (Å²) in [4.78, 5) is 3.50. The molecule has 3 aromatic rings. The number of H-pyrrole nitrogens is 1. The molecule has 0 radical (unpaired) electrons. The molecule has 5 rings (SSSR count). The predicted octanol–water partition coefficient (Wildman–Crippen LogP) is 7.47. The maximum absolute atomic E-state index is 13.7. The van der Waals surface area contributed by atoms with Crippen LogP contribution in [0.3, 0.4) is 0 Å². The van der Waals surface area contributed by atoms with Crippen LogP contribution in [0.15, 0.2) is 36.4 Å². The zero-order chi connectivity index (χ0) is 20.9. The second kappa shape index (κ2) is 7.36. The molecule has 1 N–H and O–H groups in total. The van der Waals surface area contributed by atoms with Crippen LogP contribution < -0.4 is 4.74 Å². The minimum atomic E-state index is -4.34. The lowest BCUT2D eigenvalue weighted by molar-refractivity contribution is -0.138. The highest BCUT2D eigenvalue weighted by Crippen LogP contribution is 2.42. The molecule has 1 fully saturated rings. The average Bonchev–Trinajstić information content (AvgIpc) is 3.44. The van der Waals surface area contributed by atoms with E-state index in [2.05, 4.69) is 11.9 Å². The average molecular weight is 413 g/mol. The van der Waals surface area contributed by atoms with Crippen molar-refractivity contribution in [2.45, 2.75) is 70.1 Å². The summed E-state index contributed by atoms with van der Waals surface area (Å²) in [6.07, 6.45) is 1.58. The summed E-state index contributed by atoms with van der Waals surface area (Å²) in [5.74, 6) is 1.25. The van der Waals surface area contributed by atoms with Crippen molar-refractivity contribution in [1.29, 1.82) is 0 Å². The van der Waals surface area contributed by atoms with E-state index < -0.39 is 11.7 Å². The Balaban J connectivity index is 1.38. The monoisotopic (exact) mass is 413 g/mol. The molecule has 158 valence electrons. The van der Waals surface area contributed by atoms with Crippen LogP contribution in [0.5, 0.6) is 5.75 Å². The Labute approximate surface area is 174 Å². The number of aryl methyl sites for hydroxylation is 1. The first-order valence-corrected chi connectivity index (χ1v) is 10.9. The van der Waals surface area contributed by atoms with E-state index in [1.54, 1.807) is 12.1 Å². The number of nitrogens with one attached hydrogen (secondary N) is 1. The summed E-state index contributed by atoms with van der Waals surface area (Å²) in [7, 11) is 0. The van der Waals surface area contributed by atoms with Crippen LogP contribution in [0.4, 0.5) is 13.2 Å². The lowest BCUT2D eigenvalue weighted by atomic mass is 9.91. The molecule has 0 spiro atoms. The van der Waals surface area contributed by atoms with E-state index in [9.17, 15) is 13.2 Å². The number of ether oxygens (including phenoxy) is 1. The van der Waals surface area contributed by atoms with Gasteiger partial charge in [-0.25, -0.2) is 0 Å². The Morgan fingerprint density at radius 3 is 2.60 bits per heavy atom. The minimum Gasteiger partial charge on any atom is -0.489 e. The normalized spacial score (nSPS) is 19.5. The number of hydrogen-bond acceptors (Lipinski definition) is 1. The van der Waals surface area contributed by atoms with Crippen LogP contribution >= 0.6 is 0 Å². The molecule has 0 saturated heterocycles. The van der Waals surface area contributed by atoms with E-state index in [-0.39, 0.29) is 12.5 Å². The van der Waals surface area contributed by atoms with Crippen molar-refractivity contribution in [3.8, 4) is 5.75 Å². The largest absolute Gasteiger partial charge is 0.489 e. The zero-order valence-electron chi connectivity index (χ0n) is 17.1. The molecule has 1 atom stereocenters. The summed E-state index contributed by atoms with van der Waals surface area (Å²) in [5.41, 5.74) is 4.25. The van der Waals surface area contributed by atoms with Gasteiger partial charge in [-0.1, -0.05) is 31.9 Å². The number of benzene rings is 2. The smallest absolute Gasteiger partial charge is 0.416 e. The standard InChI is InChI=1S/C25H26F3NO/c1-15-6-9-20-21-13-18(8-11-23(21)29-24(15)20)30-14-16-7-10-19(17-4-2-3-5-17)22(12-16)25(26,27)28/h7-8,10-13,15,17,29H,2-6,9,14H2,1H3. The van der Waals surface area contributed by atoms with Gasteiger partial charge in [-0.2, -0.15) is 13.2 Å². The fourth-order valence-corrected chi connectivity index (χ4v) is 5.23. The van der Waals surface area contributed by atoms with Crippen molar-refractivity contribution < 1.29 is 17.9 Å². The number of halogens is 3. The van der Waals surface area contributed by atoms with E-state index in [0.29, 0.717) is 22.8 Å². The predicted molar refractivity (Wildman–Crippen MR) is 112 cm³/mol. The van der Waals surface area contributed by atoms with Crippen LogP contribution in [0.1, 0.15) is 78.8 Å². The first kappa shape index (κ1) is 19.5. The summed E-state index contributed by atoms with van der Waals surface area (Å²) in [6, 6.07) is 10.6. The molecule has 5 heteroatoms. The molecule has 1 aromatic heterocycles. The van der Waals surface area contributed by atoms with Gasteiger partial charge in [0.2, 0.25) is 0 Å². The van der Waals surface area contributed by atoms with Gasteiger partial charge in [-0.05, 0) is 78.5 Å². The third-order valence-corrected chi connectivity index (χ3v) is 6.85. The second-order valence-electron chi connectivity index (χ2n) is 8.85. The van der Waals surface area contributed by atoms with Crippen LogP contribution in [0.2, 0.25) is 0 Å². The molecule has 1 unspecified atom stereocenters. The van der Waals surface area contributed by atoms with E-state index in [1.165, 1.54) is 22.7 Å². The third kappa shape index (κ3) is 3.48. The molecule has 1 heterocycles. The van der Waals surface area contributed by atoms with Gasteiger partial charge in [-0.15, -0.1) is 0 Å². The van der Waals surface area contributed by atoms with Crippen LogP contribution in [0.25, 0.3) is 10.9 Å². The number of hydrogen-bond donors (Lipinski definition) is 1. The number of aromatic amines is 1. The molecule has 0 amide bonds. The molecule has 2 aliphatic carbocycles. The second-order valence-corrected chi connectivity index (χ2v) is 8.85. The number of rotatable bonds is 4. The Hall–Kier alpha value is -2.43. The van der Waals surface area contributed by atoms with E-state index in [4.69, 9.17) is 4.74 Å². The highest BCUT2D eigenvalue weighted by atomic mass is 19.4. The Kier molecular flexibility index (Phi) is 4.79. The van der Waals surface area contributed by atoms with Crippen molar-refractivity contribution in [3.05, 3.63) is 64.3 Å². The molecule has 2 aliphatic rings. The zero-order valence-corrected chi connectivity index (χ0v) is 17.1. The third-order valence-electron chi connectivity index (χ3n) is 6.85. The maximum atomic E-state index is 13.7. The Bertz CT molecular complexity index is 1080. The highest BCUT2D eigenvalue weighted by molar-refractivity contribution is 5.86. The summed E-state index contributed by atoms with van der Waals surface area (Å²) in [6.45, 7) is 2.36. The maximum Gasteiger partial charge on any atom is 0.416 e. The van der Waals surface area contributed by atoms with Gasteiger partial charge >= 0.3 is 6.18 Å². The van der Waals surface area contributed by atoms with Gasteiger partial charge in [0.25, 0.3) is 0 Å². The number of fused-ring (bicyclic) bond motifs is 3. The fraction of sp³-hybridized carbons (Fsp3) is 0.440. The van der Waals surface area contributed by atoms with Crippen molar-refractivity contribution >= 4 is 10.9 Å². The van der Waals surface area contributed by atoms with E-state index in [1.807, 2.05) is 18.2 Å². The highest BCUT2D eigenvalue weighted by Gasteiger charge is 2.36. The molecule has 1 saturated carbocycles. The van der Waals surface area contributed by atoms with Gasteiger partial charge < -0.3 is 9.72 Å². The quantitative estimate of drug-likeness (QED) is 0.471. The number of aromatic nitrogens is 1. The molecule has 30 heavy (non-hydrogen) atoms. The van der Waals surface area contributed by atoms with Gasteiger partial charge in [0.15, 0.2) is 0 Å². The van der Waals surface area contributed by atoms with E-state index in [0.717, 1.165) is 44.0 Å². The molecular weight excluding hydrogens is 387 g/mol. The summed E-state index contributed by atoms with van der Waals surface area (Å²) in [5, 5.41) is 1.17. The van der Waals surface area contributed by atoms with Gasteiger partial charge in [0, 0.05) is 16.6 Å². The van der Waals surface area contributed by atoms with Gasteiger partial charge in [0.1, 0.15) is 12.4 Å².